The molecule has 1 unspecified atom stereocenters. The lowest BCUT2D eigenvalue weighted by atomic mass is 9.87. The molecule has 0 fully saturated rings. The van der Waals surface area contributed by atoms with Crippen molar-refractivity contribution in [3.8, 4) is 0 Å². The molecule has 0 spiro atoms. The highest BCUT2D eigenvalue weighted by Gasteiger charge is 2.38. The van der Waals surface area contributed by atoms with E-state index in [1.165, 1.54) is 6.26 Å². The molecule has 18 heavy (non-hydrogen) atoms. The molecule has 0 aliphatic heterocycles. The average molecular weight is 253 g/mol. The van der Waals surface area contributed by atoms with Gasteiger partial charge in [-0.05, 0) is 24.7 Å². The van der Waals surface area contributed by atoms with Crippen LogP contribution < -0.4 is 5.32 Å². The molecule has 0 radical (unpaired) electrons. The molecule has 0 saturated carbocycles. The van der Waals surface area contributed by atoms with Gasteiger partial charge in [0.25, 0.3) is 0 Å². The minimum absolute atomic E-state index is 0.368. The van der Waals surface area contributed by atoms with E-state index in [4.69, 9.17) is 4.42 Å². The number of likely N-dealkylation sites (N-methyl/N-ethyl adjacent to an activating group) is 1. The van der Waals surface area contributed by atoms with Gasteiger partial charge in [-0.3, -0.25) is 0 Å². The highest BCUT2D eigenvalue weighted by Crippen LogP contribution is 2.29. The molecule has 0 amide bonds. The van der Waals surface area contributed by atoms with E-state index < -0.39 is 18.3 Å². The van der Waals surface area contributed by atoms with Crippen LogP contribution in [0.5, 0.6) is 0 Å². The summed E-state index contributed by atoms with van der Waals surface area (Å²) in [5, 5.41) is 23.2. The van der Waals surface area contributed by atoms with Gasteiger partial charge in [0, 0.05) is 5.39 Å². The molecule has 1 aromatic carbocycles. The quantitative estimate of drug-likeness (QED) is 0.748. The van der Waals surface area contributed by atoms with E-state index in [0.717, 1.165) is 5.39 Å². The van der Waals surface area contributed by atoms with E-state index in [1.54, 1.807) is 31.3 Å². The van der Waals surface area contributed by atoms with Gasteiger partial charge in [-0.1, -0.05) is 12.1 Å². The molecule has 0 aliphatic carbocycles. The summed E-state index contributed by atoms with van der Waals surface area (Å²) < 4.78 is 18.5. The molecular formula is C13H16FNO3. The molecule has 1 aromatic heterocycles. The first kappa shape index (κ1) is 13.0. The normalized spacial score (nSPS) is 16.7. The second-order valence-electron chi connectivity index (χ2n) is 4.25. The Hall–Kier alpha value is -1.43. The van der Waals surface area contributed by atoms with Crippen molar-refractivity contribution in [3.05, 3.63) is 36.1 Å². The van der Waals surface area contributed by atoms with E-state index >= 15 is 0 Å². The third-order valence-electron chi connectivity index (χ3n) is 3.27. The molecule has 2 rings (SSSR count). The van der Waals surface area contributed by atoms with E-state index in [2.05, 4.69) is 5.32 Å². The lowest BCUT2D eigenvalue weighted by Gasteiger charge is -2.33. The Labute approximate surface area is 104 Å². The monoisotopic (exact) mass is 253 g/mol. The SMILES string of the molecule is CNC(CO)[C@@](O)(CF)c1ccc2ccoc2c1. The third-order valence-corrected chi connectivity index (χ3v) is 3.27. The summed E-state index contributed by atoms with van der Waals surface area (Å²) in [5.74, 6) is 0. The van der Waals surface area contributed by atoms with Crippen molar-refractivity contribution in [2.45, 2.75) is 11.6 Å². The van der Waals surface area contributed by atoms with E-state index in [1.807, 2.05) is 0 Å². The second-order valence-corrected chi connectivity index (χ2v) is 4.25. The number of fused-ring (bicyclic) bond motifs is 1. The Kier molecular flexibility index (Phi) is 3.65. The zero-order valence-corrected chi connectivity index (χ0v) is 10.1. The van der Waals surface area contributed by atoms with Crippen LogP contribution in [0.25, 0.3) is 11.0 Å². The van der Waals surface area contributed by atoms with E-state index in [9.17, 15) is 14.6 Å². The fraction of sp³-hybridized carbons (Fsp3) is 0.385. The van der Waals surface area contributed by atoms with Crippen molar-refractivity contribution in [3.63, 3.8) is 0 Å². The van der Waals surface area contributed by atoms with E-state index in [-0.39, 0.29) is 6.61 Å². The second kappa shape index (κ2) is 5.06. The predicted molar refractivity (Wildman–Crippen MR) is 66.0 cm³/mol. The molecule has 0 saturated heterocycles. The zero-order chi connectivity index (χ0) is 13.2. The Balaban J connectivity index is 2.47. The molecule has 3 N–H and O–H groups in total. The number of aliphatic hydroxyl groups excluding tert-OH is 1. The Morgan fingerprint density at radius 2 is 2.22 bits per heavy atom. The van der Waals surface area contributed by atoms with Gasteiger partial charge in [0.15, 0.2) is 0 Å². The highest BCUT2D eigenvalue weighted by atomic mass is 19.1. The largest absolute Gasteiger partial charge is 0.464 e. The van der Waals surface area contributed by atoms with Gasteiger partial charge in [-0.25, -0.2) is 4.39 Å². The Morgan fingerprint density at radius 1 is 1.44 bits per heavy atom. The van der Waals surface area contributed by atoms with Crippen molar-refractivity contribution < 1.29 is 19.0 Å². The number of hydrogen-bond acceptors (Lipinski definition) is 4. The summed E-state index contributed by atoms with van der Waals surface area (Å²) in [6, 6.07) is 5.98. The fourth-order valence-electron chi connectivity index (χ4n) is 2.08. The molecule has 0 aliphatic rings. The summed E-state index contributed by atoms with van der Waals surface area (Å²) in [6.07, 6.45) is 1.53. The topological polar surface area (TPSA) is 65.6 Å². The lowest BCUT2D eigenvalue weighted by Crippen LogP contribution is -2.51. The number of hydrogen-bond donors (Lipinski definition) is 3. The Bertz CT molecular complexity index is 524. The van der Waals surface area contributed by atoms with Crippen molar-refractivity contribution in [1.29, 1.82) is 0 Å². The van der Waals surface area contributed by atoms with Crippen LogP contribution in [0.3, 0.4) is 0 Å². The summed E-state index contributed by atoms with van der Waals surface area (Å²) in [4.78, 5) is 0. The van der Waals surface area contributed by atoms with Gasteiger partial charge in [0.1, 0.15) is 17.9 Å². The summed E-state index contributed by atoms with van der Waals surface area (Å²) >= 11 is 0. The molecule has 2 aromatic rings. The number of halogens is 1. The van der Waals surface area contributed by atoms with Crippen LogP contribution in [0.1, 0.15) is 5.56 Å². The third kappa shape index (κ3) is 2.01. The smallest absolute Gasteiger partial charge is 0.135 e. The molecule has 98 valence electrons. The molecule has 5 heteroatoms. The van der Waals surface area contributed by atoms with Gasteiger partial charge in [0.05, 0.1) is 18.9 Å². The Morgan fingerprint density at radius 3 is 2.83 bits per heavy atom. The van der Waals surface area contributed by atoms with Crippen LogP contribution in [0.15, 0.2) is 34.9 Å². The molecule has 4 nitrogen and oxygen atoms in total. The number of nitrogens with one attached hydrogen (secondary N) is 1. The standard InChI is InChI=1S/C13H16FNO3/c1-15-12(7-16)13(17,8-14)10-3-2-9-4-5-18-11(9)6-10/h2-6,12,15-17H,7-8H2,1H3/t12?,13-/m1/s1. The van der Waals surface area contributed by atoms with Crippen LogP contribution in [-0.4, -0.2) is 36.6 Å². The number of benzene rings is 1. The van der Waals surface area contributed by atoms with Crippen LogP contribution >= 0.6 is 0 Å². The summed E-state index contributed by atoms with van der Waals surface area (Å²) in [5.41, 5.74) is -0.821. The number of alkyl halides is 1. The summed E-state index contributed by atoms with van der Waals surface area (Å²) in [7, 11) is 1.56. The zero-order valence-electron chi connectivity index (χ0n) is 10.1. The van der Waals surface area contributed by atoms with Crippen molar-refractivity contribution >= 4 is 11.0 Å². The lowest BCUT2D eigenvalue weighted by molar-refractivity contribution is -0.0386. The molecule has 0 bridgehead atoms. The minimum Gasteiger partial charge on any atom is -0.464 e. The molecule has 2 atom stereocenters. The van der Waals surface area contributed by atoms with Gasteiger partial charge in [0.2, 0.25) is 0 Å². The first-order valence-electron chi connectivity index (χ1n) is 5.70. The number of rotatable bonds is 5. The van der Waals surface area contributed by atoms with Crippen LogP contribution in [0, 0.1) is 0 Å². The van der Waals surface area contributed by atoms with Crippen LogP contribution in [0.4, 0.5) is 4.39 Å². The van der Waals surface area contributed by atoms with Crippen molar-refractivity contribution in [1.82, 2.24) is 5.32 Å². The van der Waals surface area contributed by atoms with Crippen molar-refractivity contribution in [2.75, 3.05) is 20.3 Å². The highest BCUT2D eigenvalue weighted by molar-refractivity contribution is 5.77. The predicted octanol–water partition coefficient (Wildman–Crippen LogP) is 1.17. The maximum atomic E-state index is 13.2. The van der Waals surface area contributed by atoms with Gasteiger partial charge >= 0.3 is 0 Å². The van der Waals surface area contributed by atoms with Crippen LogP contribution in [-0.2, 0) is 5.60 Å². The van der Waals surface area contributed by atoms with Gasteiger partial charge in [-0.2, -0.15) is 0 Å². The minimum atomic E-state index is -1.77. The first-order valence-corrected chi connectivity index (χ1v) is 5.70. The maximum absolute atomic E-state index is 13.2. The first-order chi connectivity index (χ1) is 8.65. The average Bonchev–Trinajstić information content (AvgIpc) is 2.86. The van der Waals surface area contributed by atoms with Crippen molar-refractivity contribution in [2.24, 2.45) is 0 Å². The van der Waals surface area contributed by atoms with E-state index in [0.29, 0.717) is 11.1 Å². The maximum Gasteiger partial charge on any atom is 0.135 e. The fourth-order valence-corrected chi connectivity index (χ4v) is 2.08. The van der Waals surface area contributed by atoms with Gasteiger partial charge < -0.3 is 19.9 Å². The van der Waals surface area contributed by atoms with Gasteiger partial charge in [-0.15, -0.1) is 0 Å². The number of aliphatic hydroxyl groups is 2. The molecule has 1 heterocycles. The summed E-state index contributed by atoms with van der Waals surface area (Å²) in [6.45, 7) is -1.36. The van der Waals surface area contributed by atoms with Crippen LogP contribution in [0.2, 0.25) is 0 Å². The molecular weight excluding hydrogens is 237 g/mol. The number of furan rings is 1.